The van der Waals surface area contributed by atoms with E-state index in [0.29, 0.717) is 24.3 Å². The van der Waals surface area contributed by atoms with Gasteiger partial charge in [0.1, 0.15) is 0 Å². The lowest BCUT2D eigenvalue weighted by molar-refractivity contribution is -0.138. The average molecular weight is 277 g/mol. The van der Waals surface area contributed by atoms with Gasteiger partial charge in [-0.1, -0.05) is 32.1 Å². The van der Waals surface area contributed by atoms with E-state index in [1.54, 1.807) is 0 Å². The molecule has 0 spiro atoms. The molecule has 3 aliphatic rings. The van der Waals surface area contributed by atoms with Gasteiger partial charge in [-0.3, -0.25) is 4.79 Å². The molecule has 3 nitrogen and oxygen atoms in total. The second kappa shape index (κ2) is 6.19. The number of fused-ring (bicyclic) bond motifs is 1. The zero-order valence-corrected chi connectivity index (χ0v) is 12.3. The van der Waals surface area contributed by atoms with E-state index in [-0.39, 0.29) is 5.92 Å². The maximum atomic E-state index is 11.3. The van der Waals surface area contributed by atoms with Gasteiger partial charge in [-0.05, 0) is 49.3 Å². The number of hydrogen-bond acceptors (Lipinski definition) is 2. The fraction of sp³-hybridized carbons (Fsp3) is 0.824. The van der Waals surface area contributed by atoms with E-state index in [9.17, 15) is 9.90 Å². The smallest absolute Gasteiger partial charge is 0.303 e. The number of rotatable bonds is 4. The van der Waals surface area contributed by atoms with Crippen LogP contribution in [0.5, 0.6) is 0 Å². The van der Waals surface area contributed by atoms with Crippen LogP contribution in [0.15, 0.2) is 11.8 Å². The Kier molecular flexibility index (Phi) is 4.32. The molecule has 2 saturated carbocycles. The number of carbonyl (C=O) groups is 1. The van der Waals surface area contributed by atoms with Crippen molar-refractivity contribution in [2.45, 2.75) is 70.3 Å². The zero-order valence-electron chi connectivity index (χ0n) is 12.3. The molecular weight excluding hydrogens is 250 g/mol. The third-order valence-electron chi connectivity index (χ3n) is 5.70. The molecule has 0 radical (unpaired) electrons. The van der Waals surface area contributed by atoms with Crippen molar-refractivity contribution in [1.29, 1.82) is 0 Å². The number of carboxylic acids is 1. The third-order valence-corrected chi connectivity index (χ3v) is 5.70. The molecule has 3 heteroatoms. The van der Waals surface area contributed by atoms with E-state index >= 15 is 0 Å². The Balaban J connectivity index is 1.75. The highest BCUT2D eigenvalue weighted by Gasteiger charge is 2.38. The van der Waals surface area contributed by atoms with Gasteiger partial charge in [0.25, 0.3) is 0 Å². The van der Waals surface area contributed by atoms with Crippen molar-refractivity contribution in [2.24, 2.45) is 17.8 Å². The van der Waals surface area contributed by atoms with E-state index in [2.05, 4.69) is 11.5 Å². The molecule has 0 amide bonds. The van der Waals surface area contributed by atoms with Gasteiger partial charge >= 0.3 is 5.97 Å². The Hall–Kier alpha value is -0.990. The SMILES string of the molecule is O=C(O)CC(C1=CNC2CCCCC12)C1CCCCC1. The molecule has 3 atom stereocenters. The van der Waals surface area contributed by atoms with Crippen LogP contribution < -0.4 is 5.32 Å². The number of aliphatic carboxylic acids is 1. The summed E-state index contributed by atoms with van der Waals surface area (Å²) in [6.07, 6.45) is 14.0. The van der Waals surface area contributed by atoms with Gasteiger partial charge in [-0.25, -0.2) is 0 Å². The second-order valence-electron chi connectivity index (χ2n) is 6.91. The van der Waals surface area contributed by atoms with Crippen LogP contribution in [0.3, 0.4) is 0 Å². The molecule has 1 aliphatic heterocycles. The first kappa shape index (κ1) is 14.0. The minimum absolute atomic E-state index is 0.286. The second-order valence-corrected chi connectivity index (χ2v) is 6.91. The predicted octanol–water partition coefficient (Wildman–Crippen LogP) is 3.70. The Morgan fingerprint density at radius 3 is 2.60 bits per heavy atom. The van der Waals surface area contributed by atoms with Crippen LogP contribution in [-0.2, 0) is 4.79 Å². The molecular formula is C17H27NO2. The van der Waals surface area contributed by atoms with Crippen LogP contribution in [0.4, 0.5) is 0 Å². The summed E-state index contributed by atoms with van der Waals surface area (Å²) in [7, 11) is 0. The molecule has 2 N–H and O–H groups in total. The van der Waals surface area contributed by atoms with Crippen LogP contribution in [0.25, 0.3) is 0 Å². The Bertz CT molecular complexity index is 384. The van der Waals surface area contributed by atoms with Crippen molar-refractivity contribution < 1.29 is 9.90 Å². The quantitative estimate of drug-likeness (QED) is 0.823. The van der Waals surface area contributed by atoms with Crippen molar-refractivity contribution in [3.8, 4) is 0 Å². The number of carboxylic acid groups (broad SMARTS) is 1. The van der Waals surface area contributed by atoms with Crippen molar-refractivity contribution in [1.82, 2.24) is 5.32 Å². The lowest BCUT2D eigenvalue weighted by atomic mass is 9.69. The topological polar surface area (TPSA) is 49.3 Å². The molecule has 2 aliphatic carbocycles. The number of nitrogens with one attached hydrogen (secondary N) is 1. The van der Waals surface area contributed by atoms with Gasteiger partial charge in [-0.15, -0.1) is 0 Å². The maximum Gasteiger partial charge on any atom is 0.303 e. The summed E-state index contributed by atoms with van der Waals surface area (Å²) in [6, 6.07) is 0.596. The highest BCUT2D eigenvalue weighted by Crippen LogP contribution is 2.44. The Labute approximate surface area is 121 Å². The molecule has 112 valence electrons. The van der Waals surface area contributed by atoms with Crippen LogP contribution >= 0.6 is 0 Å². The summed E-state index contributed by atoms with van der Waals surface area (Å²) >= 11 is 0. The van der Waals surface area contributed by atoms with E-state index in [1.807, 2.05) is 0 Å². The van der Waals surface area contributed by atoms with Crippen LogP contribution in [-0.4, -0.2) is 17.1 Å². The molecule has 0 saturated heterocycles. The normalized spacial score (nSPS) is 32.1. The molecule has 0 bridgehead atoms. The lowest BCUT2D eigenvalue weighted by Crippen LogP contribution is -2.33. The summed E-state index contributed by atoms with van der Waals surface area (Å²) in [4.78, 5) is 11.3. The maximum absolute atomic E-state index is 11.3. The lowest BCUT2D eigenvalue weighted by Gasteiger charge is -2.35. The van der Waals surface area contributed by atoms with Gasteiger partial charge in [-0.2, -0.15) is 0 Å². The van der Waals surface area contributed by atoms with Crippen molar-refractivity contribution in [3.63, 3.8) is 0 Å². The summed E-state index contributed by atoms with van der Waals surface area (Å²) < 4.78 is 0. The van der Waals surface area contributed by atoms with Crippen molar-refractivity contribution in [3.05, 3.63) is 11.8 Å². The zero-order chi connectivity index (χ0) is 13.9. The van der Waals surface area contributed by atoms with Gasteiger partial charge in [0.05, 0.1) is 6.42 Å². The fourth-order valence-electron chi connectivity index (χ4n) is 4.70. The third kappa shape index (κ3) is 2.87. The van der Waals surface area contributed by atoms with E-state index < -0.39 is 5.97 Å². The molecule has 0 aromatic heterocycles. The summed E-state index contributed by atoms with van der Waals surface area (Å²) in [5.41, 5.74) is 1.45. The van der Waals surface area contributed by atoms with Gasteiger partial charge in [0.15, 0.2) is 0 Å². The minimum Gasteiger partial charge on any atom is -0.481 e. The standard InChI is InChI=1S/C17H27NO2/c19-17(20)10-14(12-6-2-1-3-7-12)15-11-18-16-9-5-4-8-13(15)16/h11-14,16,18H,1-10H2,(H,19,20). The summed E-state index contributed by atoms with van der Waals surface area (Å²) in [5.74, 6) is 0.887. The van der Waals surface area contributed by atoms with Crippen molar-refractivity contribution in [2.75, 3.05) is 0 Å². The van der Waals surface area contributed by atoms with E-state index in [0.717, 1.165) is 0 Å². The Morgan fingerprint density at radius 2 is 1.85 bits per heavy atom. The Morgan fingerprint density at radius 1 is 1.15 bits per heavy atom. The molecule has 3 unspecified atom stereocenters. The first-order valence-corrected chi connectivity index (χ1v) is 8.43. The van der Waals surface area contributed by atoms with Gasteiger partial charge in [0.2, 0.25) is 0 Å². The highest BCUT2D eigenvalue weighted by molar-refractivity contribution is 5.67. The summed E-state index contributed by atoms with van der Waals surface area (Å²) in [5, 5.41) is 12.9. The van der Waals surface area contributed by atoms with E-state index in [4.69, 9.17) is 0 Å². The fourth-order valence-corrected chi connectivity index (χ4v) is 4.70. The largest absolute Gasteiger partial charge is 0.481 e. The molecule has 3 rings (SSSR count). The van der Waals surface area contributed by atoms with Crippen LogP contribution in [0, 0.1) is 17.8 Å². The van der Waals surface area contributed by atoms with Gasteiger partial charge < -0.3 is 10.4 Å². The van der Waals surface area contributed by atoms with Crippen molar-refractivity contribution >= 4 is 5.97 Å². The van der Waals surface area contributed by atoms with Gasteiger partial charge in [0, 0.05) is 12.0 Å². The molecule has 0 aromatic carbocycles. The molecule has 2 fully saturated rings. The number of hydrogen-bond donors (Lipinski definition) is 2. The first-order valence-electron chi connectivity index (χ1n) is 8.43. The predicted molar refractivity (Wildman–Crippen MR) is 79.3 cm³/mol. The van der Waals surface area contributed by atoms with E-state index in [1.165, 1.54) is 63.4 Å². The first-order chi connectivity index (χ1) is 9.75. The van der Waals surface area contributed by atoms with Crippen LogP contribution in [0.2, 0.25) is 0 Å². The molecule has 1 heterocycles. The van der Waals surface area contributed by atoms with Crippen LogP contribution in [0.1, 0.15) is 64.2 Å². The summed E-state index contributed by atoms with van der Waals surface area (Å²) in [6.45, 7) is 0. The highest BCUT2D eigenvalue weighted by atomic mass is 16.4. The molecule has 0 aromatic rings. The monoisotopic (exact) mass is 277 g/mol. The average Bonchev–Trinajstić information content (AvgIpc) is 2.89. The molecule has 20 heavy (non-hydrogen) atoms. The minimum atomic E-state index is -0.624.